The SMILES string of the molecule is CCCCCCN=C(CCC)Nc1ccccc1C. The Balaban J connectivity index is 2.52. The van der Waals surface area contributed by atoms with Crippen molar-refractivity contribution in [3.8, 4) is 0 Å². The van der Waals surface area contributed by atoms with Crippen molar-refractivity contribution in [3.05, 3.63) is 29.8 Å². The maximum absolute atomic E-state index is 4.73. The summed E-state index contributed by atoms with van der Waals surface area (Å²) in [5, 5.41) is 3.49. The molecule has 1 aromatic rings. The van der Waals surface area contributed by atoms with Crippen molar-refractivity contribution in [2.75, 3.05) is 11.9 Å². The first-order chi connectivity index (χ1) is 9.27. The number of nitrogens with zero attached hydrogens (tertiary/aromatic N) is 1. The van der Waals surface area contributed by atoms with Gasteiger partial charge in [0.1, 0.15) is 5.84 Å². The van der Waals surface area contributed by atoms with Gasteiger partial charge in [-0.2, -0.15) is 0 Å². The highest BCUT2D eigenvalue weighted by molar-refractivity contribution is 5.95. The number of nitrogens with one attached hydrogen (secondary N) is 1. The average Bonchev–Trinajstić information content (AvgIpc) is 2.41. The lowest BCUT2D eigenvalue weighted by atomic mass is 10.2. The molecule has 0 aliphatic heterocycles. The van der Waals surface area contributed by atoms with E-state index in [1.165, 1.54) is 36.9 Å². The zero-order chi connectivity index (χ0) is 13.9. The minimum Gasteiger partial charge on any atom is -0.344 e. The zero-order valence-corrected chi connectivity index (χ0v) is 12.7. The van der Waals surface area contributed by atoms with Crippen LogP contribution < -0.4 is 5.32 Å². The van der Waals surface area contributed by atoms with Crippen molar-refractivity contribution in [3.63, 3.8) is 0 Å². The second-order valence-corrected chi connectivity index (χ2v) is 5.08. The average molecular weight is 260 g/mol. The molecular weight excluding hydrogens is 232 g/mol. The van der Waals surface area contributed by atoms with E-state index in [4.69, 9.17) is 4.99 Å². The third-order valence-corrected chi connectivity index (χ3v) is 3.23. The quantitative estimate of drug-likeness (QED) is 0.388. The number of benzene rings is 1. The summed E-state index contributed by atoms with van der Waals surface area (Å²) in [5.74, 6) is 1.13. The van der Waals surface area contributed by atoms with E-state index < -0.39 is 0 Å². The monoisotopic (exact) mass is 260 g/mol. The van der Waals surface area contributed by atoms with E-state index in [-0.39, 0.29) is 0 Å². The van der Waals surface area contributed by atoms with E-state index in [1.807, 2.05) is 0 Å². The third kappa shape index (κ3) is 6.42. The Bertz CT molecular complexity index is 383. The molecule has 0 aliphatic rings. The van der Waals surface area contributed by atoms with Crippen LogP contribution >= 0.6 is 0 Å². The van der Waals surface area contributed by atoms with E-state index in [1.54, 1.807) is 0 Å². The van der Waals surface area contributed by atoms with Crippen LogP contribution in [0.3, 0.4) is 0 Å². The summed E-state index contributed by atoms with van der Waals surface area (Å²) < 4.78 is 0. The maximum atomic E-state index is 4.73. The van der Waals surface area contributed by atoms with Gasteiger partial charge < -0.3 is 5.32 Å². The molecule has 2 heteroatoms. The van der Waals surface area contributed by atoms with Gasteiger partial charge in [-0.3, -0.25) is 4.99 Å². The molecule has 0 saturated heterocycles. The van der Waals surface area contributed by atoms with E-state index in [9.17, 15) is 0 Å². The second-order valence-electron chi connectivity index (χ2n) is 5.08. The van der Waals surface area contributed by atoms with Crippen molar-refractivity contribution in [1.82, 2.24) is 0 Å². The smallest absolute Gasteiger partial charge is 0.101 e. The zero-order valence-electron chi connectivity index (χ0n) is 12.7. The van der Waals surface area contributed by atoms with Crippen LogP contribution in [0.1, 0.15) is 57.9 Å². The van der Waals surface area contributed by atoms with Gasteiger partial charge in [0.15, 0.2) is 0 Å². The van der Waals surface area contributed by atoms with Crippen LogP contribution in [0.15, 0.2) is 29.3 Å². The van der Waals surface area contributed by atoms with Gasteiger partial charge in [0.2, 0.25) is 0 Å². The first kappa shape index (κ1) is 15.7. The molecule has 106 valence electrons. The number of amidine groups is 1. The van der Waals surface area contributed by atoms with Crippen molar-refractivity contribution in [2.24, 2.45) is 4.99 Å². The van der Waals surface area contributed by atoms with Gasteiger partial charge in [-0.25, -0.2) is 0 Å². The molecule has 1 rings (SSSR count). The molecule has 0 spiro atoms. The molecule has 0 aliphatic carbocycles. The number of aliphatic imine (C=N–C) groups is 1. The number of rotatable bonds is 8. The van der Waals surface area contributed by atoms with E-state index in [2.05, 4.69) is 50.4 Å². The number of para-hydroxylation sites is 1. The predicted molar refractivity (Wildman–Crippen MR) is 86.2 cm³/mol. The molecule has 0 bridgehead atoms. The second kappa shape index (κ2) is 9.60. The van der Waals surface area contributed by atoms with Gasteiger partial charge in [0.05, 0.1) is 0 Å². The van der Waals surface area contributed by atoms with Gasteiger partial charge in [0.25, 0.3) is 0 Å². The molecule has 0 saturated carbocycles. The molecule has 0 fully saturated rings. The lowest BCUT2D eigenvalue weighted by Gasteiger charge is -2.11. The summed E-state index contributed by atoms with van der Waals surface area (Å²) in [6.45, 7) is 7.53. The number of anilines is 1. The molecule has 1 N–H and O–H groups in total. The molecule has 0 unspecified atom stereocenters. The van der Waals surface area contributed by atoms with Gasteiger partial charge in [0, 0.05) is 18.7 Å². The molecule has 0 atom stereocenters. The van der Waals surface area contributed by atoms with Crippen LogP contribution in [-0.2, 0) is 0 Å². The lowest BCUT2D eigenvalue weighted by Crippen LogP contribution is -2.13. The number of hydrogen-bond donors (Lipinski definition) is 1. The van der Waals surface area contributed by atoms with Crippen molar-refractivity contribution in [1.29, 1.82) is 0 Å². The van der Waals surface area contributed by atoms with Crippen LogP contribution in [0.4, 0.5) is 5.69 Å². The highest BCUT2D eigenvalue weighted by Crippen LogP contribution is 2.14. The summed E-state index contributed by atoms with van der Waals surface area (Å²) in [4.78, 5) is 4.73. The van der Waals surface area contributed by atoms with Crippen LogP contribution in [0, 0.1) is 6.92 Å². The van der Waals surface area contributed by atoms with Crippen LogP contribution in [-0.4, -0.2) is 12.4 Å². The Morgan fingerprint density at radius 1 is 1.05 bits per heavy atom. The molecule has 0 amide bonds. The minimum absolute atomic E-state index is 0.953. The Labute approximate surface area is 118 Å². The minimum atomic E-state index is 0.953. The van der Waals surface area contributed by atoms with Gasteiger partial charge in [-0.15, -0.1) is 0 Å². The highest BCUT2D eigenvalue weighted by Gasteiger charge is 2.01. The van der Waals surface area contributed by atoms with Gasteiger partial charge in [-0.05, 0) is 31.4 Å². The maximum Gasteiger partial charge on any atom is 0.101 e. The Morgan fingerprint density at radius 3 is 2.53 bits per heavy atom. The van der Waals surface area contributed by atoms with Crippen molar-refractivity contribution >= 4 is 11.5 Å². The van der Waals surface area contributed by atoms with E-state index >= 15 is 0 Å². The molecule has 0 aromatic heterocycles. The molecule has 2 nitrogen and oxygen atoms in total. The highest BCUT2D eigenvalue weighted by atomic mass is 15.0. The van der Waals surface area contributed by atoms with Gasteiger partial charge >= 0.3 is 0 Å². The largest absolute Gasteiger partial charge is 0.344 e. The fourth-order valence-corrected chi connectivity index (χ4v) is 2.04. The summed E-state index contributed by atoms with van der Waals surface area (Å²) >= 11 is 0. The van der Waals surface area contributed by atoms with Crippen LogP contribution in [0.5, 0.6) is 0 Å². The number of hydrogen-bond acceptors (Lipinski definition) is 1. The van der Waals surface area contributed by atoms with Crippen LogP contribution in [0.2, 0.25) is 0 Å². The van der Waals surface area contributed by atoms with Gasteiger partial charge in [-0.1, -0.05) is 51.3 Å². The number of unbranched alkanes of at least 4 members (excludes halogenated alkanes) is 3. The van der Waals surface area contributed by atoms with E-state index in [0.717, 1.165) is 25.2 Å². The normalized spacial score (nSPS) is 11.6. The summed E-state index contributed by atoms with van der Waals surface area (Å²) in [6, 6.07) is 8.40. The first-order valence-corrected chi connectivity index (χ1v) is 7.63. The Kier molecular flexibility index (Phi) is 7.95. The van der Waals surface area contributed by atoms with Crippen molar-refractivity contribution in [2.45, 2.75) is 59.3 Å². The summed E-state index contributed by atoms with van der Waals surface area (Å²) in [5.41, 5.74) is 2.46. The lowest BCUT2D eigenvalue weighted by molar-refractivity contribution is 0.674. The third-order valence-electron chi connectivity index (χ3n) is 3.23. The topological polar surface area (TPSA) is 24.4 Å². The van der Waals surface area contributed by atoms with E-state index in [0.29, 0.717) is 0 Å². The standard InChI is InChI=1S/C17H28N2/c1-4-6-7-10-14-18-17(11-5-2)19-16-13-9-8-12-15(16)3/h8-9,12-13H,4-7,10-11,14H2,1-3H3,(H,18,19). The fraction of sp³-hybridized carbons (Fsp3) is 0.588. The predicted octanol–water partition coefficient (Wildman–Crippen LogP) is 5.19. The first-order valence-electron chi connectivity index (χ1n) is 7.63. The van der Waals surface area contributed by atoms with Crippen LogP contribution in [0.25, 0.3) is 0 Å². The molecule has 0 heterocycles. The summed E-state index contributed by atoms with van der Waals surface area (Å²) in [6.07, 6.45) is 7.27. The Morgan fingerprint density at radius 2 is 1.84 bits per heavy atom. The number of aryl methyl sites for hydroxylation is 1. The molecule has 19 heavy (non-hydrogen) atoms. The molecular formula is C17H28N2. The van der Waals surface area contributed by atoms with Crippen molar-refractivity contribution < 1.29 is 0 Å². The summed E-state index contributed by atoms with van der Waals surface area (Å²) in [7, 11) is 0. The fourth-order valence-electron chi connectivity index (χ4n) is 2.04. The molecule has 0 radical (unpaired) electrons. The molecule has 1 aromatic carbocycles. The Hall–Kier alpha value is -1.31.